The van der Waals surface area contributed by atoms with Crippen molar-refractivity contribution in [1.29, 1.82) is 0 Å². The molecule has 0 aliphatic carbocycles. The normalized spacial score (nSPS) is 9.30. The van der Waals surface area contributed by atoms with Gasteiger partial charge in [-0.1, -0.05) is 26.2 Å². The zero-order valence-corrected chi connectivity index (χ0v) is 6.91. The topological polar surface area (TPSA) is 32.3 Å². The van der Waals surface area contributed by atoms with Crippen molar-refractivity contribution in [2.45, 2.75) is 25.7 Å². The van der Waals surface area contributed by atoms with Crippen LogP contribution in [-0.4, -0.2) is 16.8 Å². The van der Waals surface area contributed by atoms with E-state index >= 15 is 0 Å². The molecule has 0 fully saturated rings. The SMILES string of the molecule is [CH2]CCCCCNC(O)=S. The molecule has 0 aromatic rings. The molecule has 2 N–H and O–H groups in total. The van der Waals surface area contributed by atoms with Crippen LogP contribution in [0.2, 0.25) is 0 Å². The number of thiocarbonyl (C=S) groups is 1. The summed E-state index contributed by atoms with van der Waals surface area (Å²) in [6.45, 7) is 4.50. The molecular formula is C7H14NOS. The molecule has 59 valence electrons. The Kier molecular flexibility index (Phi) is 6.59. The van der Waals surface area contributed by atoms with Crippen molar-refractivity contribution in [1.82, 2.24) is 5.32 Å². The van der Waals surface area contributed by atoms with Gasteiger partial charge < -0.3 is 10.4 Å². The fraction of sp³-hybridized carbons (Fsp3) is 0.714. The lowest BCUT2D eigenvalue weighted by molar-refractivity contribution is 0.524. The molecule has 0 aliphatic rings. The number of hydrogen-bond acceptors (Lipinski definition) is 1. The Balaban J connectivity index is 2.84. The van der Waals surface area contributed by atoms with Crippen LogP contribution >= 0.6 is 12.2 Å². The van der Waals surface area contributed by atoms with Crippen molar-refractivity contribution in [3.8, 4) is 0 Å². The lowest BCUT2D eigenvalue weighted by atomic mass is 10.2. The maximum Gasteiger partial charge on any atom is 0.254 e. The van der Waals surface area contributed by atoms with Gasteiger partial charge in [0, 0.05) is 6.54 Å². The molecule has 0 rings (SSSR count). The van der Waals surface area contributed by atoms with Crippen molar-refractivity contribution in [2.24, 2.45) is 0 Å². The number of aliphatic hydroxyl groups excluding tert-OH is 1. The fourth-order valence-electron chi connectivity index (χ4n) is 0.674. The molecule has 0 unspecified atom stereocenters. The molecule has 0 aromatic heterocycles. The van der Waals surface area contributed by atoms with E-state index in [9.17, 15) is 0 Å². The minimum atomic E-state index is -0.102. The average molecular weight is 160 g/mol. The number of rotatable bonds is 5. The third-order valence-corrected chi connectivity index (χ3v) is 1.35. The molecule has 10 heavy (non-hydrogen) atoms. The molecule has 0 amide bonds. The largest absolute Gasteiger partial charge is 0.487 e. The van der Waals surface area contributed by atoms with Crippen LogP contribution in [0.4, 0.5) is 0 Å². The summed E-state index contributed by atoms with van der Waals surface area (Å²) in [5.74, 6) is 0. The summed E-state index contributed by atoms with van der Waals surface area (Å²) in [6, 6.07) is 0. The minimum absolute atomic E-state index is 0.102. The van der Waals surface area contributed by atoms with Crippen LogP contribution in [0.25, 0.3) is 0 Å². The predicted octanol–water partition coefficient (Wildman–Crippen LogP) is 1.81. The Morgan fingerprint density at radius 1 is 1.40 bits per heavy atom. The van der Waals surface area contributed by atoms with Gasteiger partial charge in [-0.3, -0.25) is 0 Å². The summed E-state index contributed by atoms with van der Waals surface area (Å²) in [5, 5.41) is 11.1. The van der Waals surface area contributed by atoms with Crippen LogP contribution < -0.4 is 5.32 Å². The van der Waals surface area contributed by atoms with Gasteiger partial charge in [-0.05, 0) is 18.6 Å². The quantitative estimate of drug-likeness (QED) is 0.475. The molecule has 0 aliphatic heterocycles. The zero-order chi connectivity index (χ0) is 7.82. The van der Waals surface area contributed by atoms with Crippen LogP contribution in [-0.2, 0) is 0 Å². The zero-order valence-electron chi connectivity index (χ0n) is 6.10. The number of nitrogens with one attached hydrogen (secondary N) is 1. The molecule has 1 radical (unpaired) electrons. The average Bonchev–Trinajstić information content (AvgIpc) is 1.87. The van der Waals surface area contributed by atoms with Gasteiger partial charge in [0.05, 0.1) is 0 Å². The molecule has 0 heterocycles. The Labute approximate surface area is 67.6 Å². The van der Waals surface area contributed by atoms with E-state index in [1.54, 1.807) is 0 Å². The van der Waals surface area contributed by atoms with Crippen molar-refractivity contribution in [2.75, 3.05) is 6.54 Å². The monoisotopic (exact) mass is 160 g/mol. The third-order valence-electron chi connectivity index (χ3n) is 1.20. The molecule has 0 saturated heterocycles. The van der Waals surface area contributed by atoms with Crippen LogP contribution in [0.5, 0.6) is 0 Å². The Bertz CT molecular complexity index is 95.6. The summed E-state index contributed by atoms with van der Waals surface area (Å²) in [7, 11) is 0. The highest BCUT2D eigenvalue weighted by atomic mass is 32.1. The fourth-order valence-corrected chi connectivity index (χ4v) is 0.776. The van der Waals surface area contributed by atoms with Gasteiger partial charge in [0.25, 0.3) is 5.17 Å². The second-order valence-corrected chi connectivity index (χ2v) is 2.53. The standard InChI is InChI=1S/C7H14NOS/c1-2-3-4-5-6-8-7(9)10/h1-6H2,(H2,8,9,10). The van der Waals surface area contributed by atoms with E-state index < -0.39 is 0 Å². The second-order valence-electron chi connectivity index (χ2n) is 2.15. The third kappa shape index (κ3) is 7.69. The molecule has 0 bridgehead atoms. The van der Waals surface area contributed by atoms with E-state index in [1.165, 1.54) is 0 Å². The number of aliphatic hydroxyl groups is 1. The maximum absolute atomic E-state index is 8.52. The van der Waals surface area contributed by atoms with Gasteiger partial charge in [-0.15, -0.1) is 0 Å². The Morgan fingerprint density at radius 2 is 2.10 bits per heavy atom. The summed E-state index contributed by atoms with van der Waals surface area (Å²) in [5.41, 5.74) is 0. The van der Waals surface area contributed by atoms with Crippen LogP contribution in [0.15, 0.2) is 0 Å². The van der Waals surface area contributed by atoms with E-state index in [0.29, 0.717) is 0 Å². The Morgan fingerprint density at radius 3 is 2.60 bits per heavy atom. The van der Waals surface area contributed by atoms with Crippen LogP contribution in [0.3, 0.4) is 0 Å². The number of unbranched alkanes of at least 4 members (excludes halogenated alkanes) is 3. The molecule has 3 heteroatoms. The van der Waals surface area contributed by atoms with Gasteiger partial charge in [0.1, 0.15) is 0 Å². The van der Waals surface area contributed by atoms with Crippen LogP contribution in [0, 0.1) is 6.92 Å². The van der Waals surface area contributed by atoms with Gasteiger partial charge in [-0.25, -0.2) is 0 Å². The van der Waals surface area contributed by atoms with Crippen molar-refractivity contribution in [3.05, 3.63) is 6.92 Å². The summed E-state index contributed by atoms with van der Waals surface area (Å²) in [6.07, 6.45) is 4.35. The Hall–Kier alpha value is -0.310. The lowest BCUT2D eigenvalue weighted by Crippen LogP contribution is -2.21. The minimum Gasteiger partial charge on any atom is -0.487 e. The molecular weight excluding hydrogens is 146 g/mol. The summed E-state index contributed by atoms with van der Waals surface area (Å²) in [4.78, 5) is 0. The first-order valence-electron chi connectivity index (χ1n) is 3.53. The lowest BCUT2D eigenvalue weighted by Gasteiger charge is -2.00. The summed E-state index contributed by atoms with van der Waals surface area (Å²) < 4.78 is 0. The molecule has 0 aromatic carbocycles. The maximum atomic E-state index is 8.52. The first-order valence-corrected chi connectivity index (χ1v) is 3.94. The first-order chi connectivity index (χ1) is 4.77. The van der Waals surface area contributed by atoms with Crippen molar-refractivity contribution >= 4 is 17.4 Å². The van der Waals surface area contributed by atoms with Gasteiger partial charge in [-0.2, -0.15) is 0 Å². The van der Waals surface area contributed by atoms with Gasteiger partial charge in [0.2, 0.25) is 0 Å². The van der Waals surface area contributed by atoms with E-state index in [2.05, 4.69) is 24.5 Å². The molecule has 2 nitrogen and oxygen atoms in total. The molecule has 0 saturated carbocycles. The van der Waals surface area contributed by atoms with E-state index in [-0.39, 0.29) is 5.17 Å². The highest BCUT2D eigenvalue weighted by Crippen LogP contribution is 1.96. The van der Waals surface area contributed by atoms with Crippen LogP contribution in [0.1, 0.15) is 25.7 Å². The highest BCUT2D eigenvalue weighted by Gasteiger charge is 1.88. The van der Waals surface area contributed by atoms with Gasteiger partial charge in [0.15, 0.2) is 0 Å². The first kappa shape index (κ1) is 9.69. The highest BCUT2D eigenvalue weighted by molar-refractivity contribution is 7.79. The smallest absolute Gasteiger partial charge is 0.254 e. The van der Waals surface area contributed by atoms with E-state index in [4.69, 9.17) is 5.11 Å². The second kappa shape index (κ2) is 6.81. The number of hydrogen-bond donors (Lipinski definition) is 2. The van der Waals surface area contributed by atoms with E-state index in [0.717, 1.165) is 32.2 Å². The molecule has 0 atom stereocenters. The molecule has 0 spiro atoms. The van der Waals surface area contributed by atoms with Crippen molar-refractivity contribution < 1.29 is 5.11 Å². The predicted molar refractivity (Wildman–Crippen MR) is 47.1 cm³/mol. The van der Waals surface area contributed by atoms with Crippen molar-refractivity contribution in [3.63, 3.8) is 0 Å². The van der Waals surface area contributed by atoms with E-state index in [1.807, 2.05) is 0 Å². The van der Waals surface area contributed by atoms with Gasteiger partial charge >= 0.3 is 0 Å². The summed E-state index contributed by atoms with van der Waals surface area (Å²) >= 11 is 4.41.